The lowest BCUT2D eigenvalue weighted by Gasteiger charge is -2.21. The molecule has 1 N–H and O–H groups in total. The molecule has 0 saturated carbocycles. The molecular formula is C18H29IN4OS. The van der Waals surface area contributed by atoms with Gasteiger partial charge in [-0.3, -0.25) is 4.99 Å². The minimum absolute atomic E-state index is 0. The molecule has 0 aliphatic carbocycles. The Hall–Kier alpha value is -1.09. The second-order valence-electron chi connectivity index (χ2n) is 5.88. The number of rotatable bonds is 8. The summed E-state index contributed by atoms with van der Waals surface area (Å²) in [5.41, 5.74) is 1.05. The number of hydrogen-bond donors (Lipinski definition) is 1. The van der Waals surface area contributed by atoms with Crippen LogP contribution in [0.2, 0.25) is 0 Å². The molecule has 0 amide bonds. The summed E-state index contributed by atoms with van der Waals surface area (Å²) in [4.78, 5) is 7.88. The molecule has 0 atom stereocenters. The number of nitrogens with one attached hydrogen (secondary N) is 1. The zero-order chi connectivity index (χ0) is 17.4. The molecule has 2 aromatic rings. The number of aromatic nitrogens is 1. The van der Waals surface area contributed by atoms with Gasteiger partial charge in [0.05, 0.1) is 12.2 Å². The van der Waals surface area contributed by atoms with Crippen molar-refractivity contribution in [2.45, 2.75) is 45.6 Å². The molecule has 2 heterocycles. The highest BCUT2D eigenvalue weighted by atomic mass is 127. The molecule has 0 aromatic carbocycles. The van der Waals surface area contributed by atoms with Crippen molar-refractivity contribution < 1.29 is 4.52 Å². The SMILES string of the molecule is CCC(CC)c1cc(CNC(=NC)N(C)CCc2cccs2)on1.I. The van der Waals surface area contributed by atoms with Crippen molar-refractivity contribution in [1.29, 1.82) is 0 Å². The van der Waals surface area contributed by atoms with Gasteiger partial charge < -0.3 is 14.7 Å². The Labute approximate surface area is 171 Å². The standard InChI is InChI=1S/C18H28N4OS.HI/c1-5-14(6-2)17-12-15(23-21-17)13-20-18(19-3)22(4)10-9-16-8-7-11-24-16;/h7-8,11-12,14H,5-6,9-10,13H2,1-4H3,(H,19,20);1H. The molecule has 2 aromatic heterocycles. The quantitative estimate of drug-likeness (QED) is 0.346. The summed E-state index contributed by atoms with van der Waals surface area (Å²) < 4.78 is 5.46. The van der Waals surface area contributed by atoms with Gasteiger partial charge in [0.25, 0.3) is 0 Å². The maximum Gasteiger partial charge on any atom is 0.193 e. The Morgan fingerprint density at radius 1 is 1.40 bits per heavy atom. The first kappa shape index (κ1) is 22.0. The highest BCUT2D eigenvalue weighted by molar-refractivity contribution is 14.0. The van der Waals surface area contributed by atoms with Crippen LogP contribution in [-0.4, -0.2) is 36.7 Å². The molecule has 0 radical (unpaired) electrons. The monoisotopic (exact) mass is 476 g/mol. The van der Waals surface area contributed by atoms with Crippen molar-refractivity contribution in [2.24, 2.45) is 4.99 Å². The largest absolute Gasteiger partial charge is 0.359 e. The summed E-state index contributed by atoms with van der Waals surface area (Å²) in [5.74, 6) is 2.20. The van der Waals surface area contributed by atoms with E-state index in [1.54, 1.807) is 18.4 Å². The number of aliphatic imine (C=N–C) groups is 1. The van der Waals surface area contributed by atoms with Crippen LogP contribution in [0.15, 0.2) is 33.1 Å². The van der Waals surface area contributed by atoms with Gasteiger partial charge in [-0.05, 0) is 30.7 Å². The maximum absolute atomic E-state index is 5.46. The number of halogens is 1. The van der Waals surface area contributed by atoms with E-state index in [9.17, 15) is 0 Å². The Balaban J connectivity index is 0.00000312. The van der Waals surface area contributed by atoms with Gasteiger partial charge in [0.2, 0.25) is 0 Å². The van der Waals surface area contributed by atoms with Gasteiger partial charge in [-0.2, -0.15) is 0 Å². The Morgan fingerprint density at radius 3 is 2.76 bits per heavy atom. The zero-order valence-corrected chi connectivity index (χ0v) is 18.6. The fourth-order valence-electron chi connectivity index (χ4n) is 2.70. The van der Waals surface area contributed by atoms with Crippen molar-refractivity contribution in [1.82, 2.24) is 15.4 Å². The van der Waals surface area contributed by atoms with Crippen molar-refractivity contribution in [3.05, 3.63) is 39.9 Å². The molecule has 0 unspecified atom stereocenters. The van der Waals surface area contributed by atoms with E-state index in [4.69, 9.17) is 4.52 Å². The van der Waals surface area contributed by atoms with Gasteiger partial charge in [0.1, 0.15) is 0 Å². The Bertz CT molecular complexity index is 623. The lowest BCUT2D eigenvalue weighted by molar-refractivity contribution is 0.365. The zero-order valence-electron chi connectivity index (χ0n) is 15.5. The second-order valence-corrected chi connectivity index (χ2v) is 6.92. The summed E-state index contributed by atoms with van der Waals surface area (Å²) in [5, 5.41) is 9.67. The molecular weight excluding hydrogens is 447 g/mol. The van der Waals surface area contributed by atoms with Crippen LogP contribution in [0.3, 0.4) is 0 Å². The van der Waals surface area contributed by atoms with E-state index in [2.05, 4.69) is 64.8 Å². The molecule has 0 aliphatic heterocycles. The molecule has 7 heteroatoms. The first-order valence-corrected chi connectivity index (χ1v) is 9.45. The third-order valence-corrected chi connectivity index (χ3v) is 5.19. The first-order valence-electron chi connectivity index (χ1n) is 8.57. The highest BCUT2D eigenvalue weighted by Crippen LogP contribution is 2.22. The minimum Gasteiger partial charge on any atom is -0.359 e. The molecule has 2 rings (SSSR count). The van der Waals surface area contributed by atoms with Crippen LogP contribution in [-0.2, 0) is 13.0 Å². The van der Waals surface area contributed by atoms with Gasteiger partial charge in [-0.25, -0.2) is 0 Å². The molecule has 0 fully saturated rings. The van der Waals surface area contributed by atoms with Crippen LogP contribution in [0, 0.1) is 0 Å². The van der Waals surface area contributed by atoms with Crippen LogP contribution >= 0.6 is 35.3 Å². The summed E-state index contributed by atoms with van der Waals surface area (Å²) in [6.07, 6.45) is 3.20. The topological polar surface area (TPSA) is 53.7 Å². The number of guanidine groups is 1. The van der Waals surface area contributed by atoms with E-state index < -0.39 is 0 Å². The predicted molar refractivity (Wildman–Crippen MR) is 116 cm³/mol. The maximum atomic E-state index is 5.46. The van der Waals surface area contributed by atoms with Crippen LogP contribution < -0.4 is 5.32 Å². The van der Waals surface area contributed by atoms with Gasteiger partial charge in [-0.15, -0.1) is 35.3 Å². The molecule has 0 bridgehead atoms. The van der Waals surface area contributed by atoms with Crippen molar-refractivity contribution in [2.75, 3.05) is 20.6 Å². The van der Waals surface area contributed by atoms with Gasteiger partial charge in [0.15, 0.2) is 11.7 Å². The van der Waals surface area contributed by atoms with E-state index >= 15 is 0 Å². The van der Waals surface area contributed by atoms with Gasteiger partial charge >= 0.3 is 0 Å². The van der Waals surface area contributed by atoms with Gasteiger partial charge in [0, 0.05) is 37.5 Å². The molecule has 0 spiro atoms. The fourth-order valence-corrected chi connectivity index (χ4v) is 3.40. The molecule has 140 valence electrons. The van der Waals surface area contributed by atoms with Crippen molar-refractivity contribution in [3.8, 4) is 0 Å². The highest BCUT2D eigenvalue weighted by Gasteiger charge is 2.13. The van der Waals surface area contributed by atoms with E-state index in [0.29, 0.717) is 12.5 Å². The second kappa shape index (κ2) is 11.5. The lowest BCUT2D eigenvalue weighted by Crippen LogP contribution is -2.39. The average Bonchev–Trinajstić information content (AvgIpc) is 3.26. The molecule has 0 saturated heterocycles. The first-order chi connectivity index (χ1) is 11.7. The summed E-state index contributed by atoms with van der Waals surface area (Å²) in [6.45, 7) is 5.90. The predicted octanol–water partition coefficient (Wildman–Crippen LogP) is 4.51. The number of thiophene rings is 1. The number of hydrogen-bond acceptors (Lipinski definition) is 4. The average molecular weight is 476 g/mol. The van der Waals surface area contributed by atoms with Gasteiger partial charge in [-0.1, -0.05) is 25.1 Å². The normalized spacial score (nSPS) is 11.5. The molecule has 25 heavy (non-hydrogen) atoms. The third kappa shape index (κ3) is 6.62. The Morgan fingerprint density at radius 2 is 2.16 bits per heavy atom. The van der Waals surface area contributed by atoms with Crippen LogP contribution in [0.5, 0.6) is 0 Å². The number of nitrogens with zero attached hydrogens (tertiary/aromatic N) is 3. The lowest BCUT2D eigenvalue weighted by atomic mass is 9.99. The van der Waals surface area contributed by atoms with E-state index in [0.717, 1.165) is 43.2 Å². The van der Waals surface area contributed by atoms with Crippen LogP contribution in [0.4, 0.5) is 0 Å². The van der Waals surface area contributed by atoms with Crippen LogP contribution in [0.1, 0.15) is 48.9 Å². The summed E-state index contributed by atoms with van der Waals surface area (Å²) in [6, 6.07) is 6.32. The molecule has 0 aliphatic rings. The fraction of sp³-hybridized carbons (Fsp3) is 0.556. The summed E-state index contributed by atoms with van der Waals surface area (Å²) >= 11 is 1.79. The Kier molecular flexibility index (Phi) is 10.1. The third-order valence-electron chi connectivity index (χ3n) is 4.25. The summed E-state index contributed by atoms with van der Waals surface area (Å²) in [7, 11) is 3.86. The minimum atomic E-state index is 0. The smallest absolute Gasteiger partial charge is 0.193 e. The molecule has 5 nitrogen and oxygen atoms in total. The van der Waals surface area contributed by atoms with E-state index in [1.165, 1.54) is 4.88 Å². The van der Waals surface area contributed by atoms with Crippen molar-refractivity contribution in [3.63, 3.8) is 0 Å². The van der Waals surface area contributed by atoms with E-state index in [1.807, 2.05) is 0 Å². The van der Waals surface area contributed by atoms with E-state index in [-0.39, 0.29) is 24.0 Å². The van der Waals surface area contributed by atoms with Crippen LogP contribution in [0.25, 0.3) is 0 Å². The number of likely N-dealkylation sites (N-methyl/N-ethyl adjacent to an activating group) is 1. The van der Waals surface area contributed by atoms with Crippen molar-refractivity contribution >= 4 is 41.3 Å².